The monoisotopic (exact) mass is 286 g/mol. The van der Waals surface area contributed by atoms with E-state index in [4.69, 9.17) is 14.7 Å². The Bertz CT molecular complexity index is 634. The first-order valence-corrected chi connectivity index (χ1v) is 6.31. The second-order valence-electron chi connectivity index (χ2n) is 4.49. The molecule has 7 heteroatoms. The van der Waals surface area contributed by atoms with E-state index in [9.17, 15) is 4.79 Å². The van der Waals surface area contributed by atoms with Crippen molar-refractivity contribution < 1.29 is 19.5 Å². The molecule has 0 spiro atoms. The first-order valence-electron chi connectivity index (χ1n) is 6.31. The number of rotatable bonds is 4. The summed E-state index contributed by atoms with van der Waals surface area (Å²) >= 11 is 0. The molecule has 0 aliphatic carbocycles. The molecule has 1 amide bonds. The molecule has 0 aliphatic heterocycles. The normalized spacial score (nSPS) is 10.1. The van der Waals surface area contributed by atoms with Gasteiger partial charge in [0.1, 0.15) is 11.6 Å². The summed E-state index contributed by atoms with van der Waals surface area (Å²) in [4.78, 5) is 17.9. The summed E-state index contributed by atoms with van der Waals surface area (Å²) < 4.78 is 4.72. The fourth-order valence-electron chi connectivity index (χ4n) is 1.95. The summed E-state index contributed by atoms with van der Waals surface area (Å²) in [5.41, 5.74) is 1.24. The second-order valence-corrected chi connectivity index (χ2v) is 4.49. The van der Waals surface area contributed by atoms with E-state index in [0.29, 0.717) is 16.9 Å². The zero-order valence-electron chi connectivity index (χ0n) is 11.7. The molecule has 0 radical (unpaired) electrons. The van der Waals surface area contributed by atoms with Gasteiger partial charge in [-0.3, -0.25) is 9.69 Å². The average Bonchev–Trinajstić information content (AvgIpc) is 2.46. The van der Waals surface area contributed by atoms with Crippen LogP contribution in [0.1, 0.15) is 15.9 Å². The van der Waals surface area contributed by atoms with Crippen molar-refractivity contribution in [3.05, 3.63) is 53.7 Å². The van der Waals surface area contributed by atoms with Crippen LogP contribution in [0.25, 0.3) is 0 Å². The van der Waals surface area contributed by atoms with E-state index in [1.165, 1.54) is 11.1 Å². The van der Waals surface area contributed by atoms with E-state index >= 15 is 0 Å². The van der Waals surface area contributed by atoms with Gasteiger partial charge in [-0.25, -0.2) is 4.98 Å². The number of pyridine rings is 1. The van der Waals surface area contributed by atoms with Crippen LogP contribution in [0.15, 0.2) is 42.6 Å². The molecular weight excluding hydrogens is 271 g/mol. The molecule has 2 N–H and O–H groups in total. The first-order chi connectivity index (χ1) is 9.99. The lowest BCUT2D eigenvalue weighted by Crippen LogP contribution is -2.28. The number of hydrogen-bond donors (Lipinski definition) is 2. The van der Waals surface area contributed by atoms with Gasteiger partial charge in [0.05, 0.1) is 6.20 Å². The molecule has 108 valence electrons. The SMILES string of the molecule is Cc1cc(OB(O)O)cnc1N(C)C(=O)c1ccccc1. The van der Waals surface area contributed by atoms with Crippen LogP contribution in [-0.2, 0) is 0 Å². The summed E-state index contributed by atoms with van der Waals surface area (Å²) in [6.07, 6.45) is 1.33. The maximum atomic E-state index is 12.3. The first kappa shape index (κ1) is 15.0. The van der Waals surface area contributed by atoms with E-state index in [0.717, 1.165) is 0 Å². The summed E-state index contributed by atoms with van der Waals surface area (Å²) in [5.74, 6) is 0.512. The smallest absolute Gasteiger partial charge is 0.511 e. The van der Waals surface area contributed by atoms with Crippen LogP contribution in [0.2, 0.25) is 0 Å². The Morgan fingerprint density at radius 3 is 2.52 bits per heavy atom. The molecule has 2 aromatic rings. The molecule has 1 aromatic carbocycles. The number of amides is 1. The number of aryl methyl sites for hydroxylation is 1. The number of nitrogens with zero attached hydrogens (tertiary/aromatic N) is 2. The Kier molecular flexibility index (Phi) is 4.57. The van der Waals surface area contributed by atoms with Gasteiger partial charge in [-0.05, 0) is 30.7 Å². The maximum absolute atomic E-state index is 12.3. The Morgan fingerprint density at radius 1 is 1.29 bits per heavy atom. The van der Waals surface area contributed by atoms with Crippen LogP contribution in [-0.4, -0.2) is 35.3 Å². The van der Waals surface area contributed by atoms with Gasteiger partial charge >= 0.3 is 7.32 Å². The van der Waals surface area contributed by atoms with Crippen LogP contribution >= 0.6 is 0 Å². The molecule has 1 heterocycles. The number of benzene rings is 1. The number of hydrogen-bond acceptors (Lipinski definition) is 5. The van der Waals surface area contributed by atoms with Crippen molar-refractivity contribution in [2.24, 2.45) is 0 Å². The van der Waals surface area contributed by atoms with Crippen LogP contribution < -0.4 is 9.55 Å². The highest BCUT2D eigenvalue weighted by Gasteiger charge is 2.18. The van der Waals surface area contributed by atoms with Crippen LogP contribution in [0.5, 0.6) is 5.75 Å². The minimum absolute atomic E-state index is 0.179. The highest BCUT2D eigenvalue weighted by atomic mass is 16.6. The zero-order valence-corrected chi connectivity index (χ0v) is 11.7. The van der Waals surface area contributed by atoms with E-state index < -0.39 is 7.32 Å². The largest absolute Gasteiger partial charge is 0.707 e. The highest BCUT2D eigenvalue weighted by Crippen LogP contribution is 2.22. The molecule has 0 aliphatic rings. The number of carbonyl (C=O) groups excluding carboxylic acids is 1. The molecule has 0 atom stereocenters. The predicted molar refractivity (Wildman–Crippen MR) is 79.0 cm³/mol. The van der Waals surface area contributed by atoms with Crippen molar-refractivity contribution in [3.8, 4) is 5.75 Å². The summed E-state index contributed by atoms with van der Waals surface area (Å²) in [6.45, 7) is 1.76. The maximum Gasteiger partial charge on any atom is 0.707 e. The van der Waals surface area contributed by atoms with E-state index in [2.05, 4.69) is 4.98 Å². The molecule has 0 unspecified atom stereocenters. The molecule has 6 nitrogen and oxygen atoms in total. The molecule has 0 fully saturated rings. The van der Waals surface area contributed by atoms with Crippen molar-refractivity contribution in [2.45, 2.75) is 6.92 Å². The Balaban J connectivity index is 2.23. The number of carbonyl (C=O) groups is 1. The van der Waals surface area contributed by atoms with E-state index in [1.54, 1.807) is 44.3 Å². The van der Waals surface area contributed by atoms with Crippen LogP contribution in [0.3, 0.4) is 0 Å². The predicted octanol–water partition coefficient (Wildman–Crippen LogP) is 1.01. The molecule has 0 saturated carbocycles. The lowest BCUT2D eigenvalue weighted by Gasteiger charge is -2.19. The van der Waals surface area contributed by atoms with Gasteiger partial charge in [0.2, 0.25) is 0 Å². The summed E-state index contributed by atoms with van der Waals surface area (Å²) in [5, 5.41) is 17.5. The van der Waals surface area contributed by atoms with Gasteiger partial charge in [-0.2, -0.15) is 0 Å². The highest BCUT2D eigenvalue weighted by molar-refractivity contribution is 6.33. The third kappa shape index (κ3) is 3.59. The lowest BCUT2D eigenvalue weighted by atomic mass is 10.2. The van der Waals surface area contributed by atoms with Crippen molar-refractivity contribution >= 4 is 19.0 Å². The van der Waals surface area contributed by atoms with Crippen molar-refractivity contribution in [1.29, 1.82) is 0 Å². The van der Waals surface area contributed by atoms with Gasteiger partial charge in [-0.15, -0.1) is 0 Å². The molecule has 21 heavy (non-hydrogen) atoms. The summed E-state index contributed by atoms with van der Waals surface area (Å²) in [6, 6.07) is 10.5. The lowest BCUT2D eigenvalue weighted by molar-refractivity contribution is 0.0992. The summed E-state index contributed by atoms with van der Waals surface area (Å²) in [7, 11) is -0.271. The van der Waals surface area contributed by atoms with Crippen LogP contribution in [0.4, 0.5) is 5.82 Å². The minimum atomic E-state index is -1.90. The second kappa shape index (κ2) is 6.38. The number of anilines is 1. The van der Waals surface area contributed by atoms with Crippen molar-refractivity contribution in [2.75, 3.05) is 11.9 Å². The quantitative estimate of drug-likeness (QED) is 0.820. The third-order valence-corrected chi connectivity index (χ3v) is 2.91. The Labute approximate surface area is 122 Å². The molecule has 0 bridgehead atoms. The fraction of sp³-hybridized carbons (Fsp3) is 0.143. The van der Waals surface area contributed by atoms with Crippen molar-refractivity contribution in [1.82, 2.24) is 4.98 Å². The molecule has 0 saturated heterocycles. The standard InChI is InChI=1S/C14H15BN2O4/c1-10-8-12(21-15(19)20)9-16-13(10)17(2)14(18)11-6-4-3-5-7-11/h3-9,19-20H,1-2H3. The van der Waals surface area contributed by atoms with Gasteiger partial charge in [0.15, 0.2) is 0 Å². The zero-order chi connectivity index (χ0) is 15.4. The van der Waals surface area contributed by atoms with Gasteiger partial charge in [-0.1, -0.05) is 18.2 Å². The Morgan fingerprint density at radius 2 is 1.95 bits per heavy atom. The minimum Gasteiger partial charge on any atom is -0.511 e. The van der Waals surface area contributed by atoms with Crippen molar-refractivity contribution in [3.63, 3.8) is 0 Å². The average molecular weight is 286 g/mol. The third-order valence-electron chi connectivity index (χ3n) is 2.91. The van der Waals surface area contributed by atoms with Gasteiger partial charge in [0, 0.05) is 12.6 Å². The molecular formula is C14H15BN2O4. The fourth-order valence-corrected chi connectivity index (χ4v) is 1.95. The van der Waals surface area contributed by atoms with E-state index in [-0.39, 0.29) is 11.7 Å². The van der Waals surface area contributed by atoms with Gasteiger partial charge in [0.25, 0.3) is 5.91 Å². The molecule has 2 rings (SSSR count). The van der Waals surface area contributed by atoms with Crippen LogP contribution in [0, 0.1) is 6.92 Å². The Hall–Kier alpha value is -2.38. The molecule has 1 aromatic heterocycles. The number of aromatic nitrogens is 1. The van der Waals surface area contributed by atoms with E-state index in [1.807, 2.05) is 6.07 Å². The topological polar surface area (TPSA) is 82.9 Å². The van der Waals surface area contributed by atoms with Gasteiger partial charge < -0.3 is 14.7 Å².